The number of rotatable bonds is 4. The van der Waals surface area contributed by atoms with Crippen LogP contribution in [0.25, 0.3) is 0 Å². The second-order valence-electron chi connectivity index (χ2n) is 5.65. The zero-order valence-electron chi connectivity index (χ0n) is 11.9. The van der Waals surface area contributed by atoms with Gasteiger partial charge in [-0.15, -0.1) is 0 Å². The third-order valence-electron chi connectivity index (χ3n) is 3.69. The molecule has 1 aromatic rings. The van der Waals surface area contributed by atoms with E-state index < -0.39 is 11.7 Å². The fourth-order valence-electron chi connectivity index (χ4n) is 2.73. The summed E-state index contributed by atoms with van der Waals surface area (Å²) in [6, 6.07) is 4.10. The highest BCUT2D eigenvalue weighted by atomic mass is 35.5. The molecule has 2 unspecified atom stereocenters. The van der Waals surface area contributed by atoms with Crippen molar-refractivity contribution in [3.63, 3.8) is 0 Å². The molecular weight excluding hydrogens is 301 g/mol. The maximum atomic E-state index is 12.8. The Morgan fingerprint density at radius 1 is 1.33 bits per heavy atom. The fourth-order valence-corrected chi connectivity index (χ4v) is 2.97. The van der Waals surface area contributed by atoms with Crippen LogP contribution in [0.15, 0.2) is 18.2 Å². The second kappa shape index (κ2) is 6.88. The lowest BCUT2D eigenvalue weighted by Gasteiger charge is -2.27. The quantitative estimate of drug-likeness (QED) is 0.841. The van der Waals surface area contributed by atoms with Crippen LogP contribution >= 0.6 is 11.6 Å². The molecule has 2 nitrogen and oxygen atoms in total. The minimum atomic E-state index is -4.38. The standard InChI is InChI=1S/C15H20ClF3N2/c1-10(6-13-4-2-3-5-20-13)21-14-8-11(15(17,18)19)7-12(16)9-14/h7-10,13,20-21H,2-6H2,1H3. The Morgan fingerprint density at radius 3 is 2.71 bits per heavy atom. The van der Waals surface area contributed by atoms with E-state index in [1.54, 1.807) is 0 Å². The van der Waals surface area contributed by atoms with Crippen molar-refractivity contribution in [2.24, 2.45) is 0 Å². The highest BCUT2D eigenvalue weighted by Gasteiger charge is 2.31. The molecular formula is C15H20ClF3N2. The van der Waals surface area contributed by atoms with Crippen molar-refractivity contribution in [2.45, 2.75) is 50.9 Å². The summed E-state index contributed by atoms with van der Waals surface area (Å²) in [5.74, 6) is 0. The van der Waals surface area contributed by atoms with Gasteiger partial charge in [0.15, 0.2) is 0 Å². The van der Waals surface area contributed by atoms with E-state index in [9.17, 15) is 13.2 Å². The predicted octanol–water partition coefficient (Wildman–Crippen LogP) is 4.69. The van der Waals surface area contributed by atoms with Gasteiger partial charge in [-0.25, -0.2) is 0 Å². The zero-order chi connectivity index (χ0) is 15.5. The van der Waals surface area contributed by atoms with Gasteiger partial charge in [0.2, 0.25) is 0 Å². The van der Waals surface area contributed by atoms with Crippen molar-refractivity contribution in [3.8, 4) is 0 Å². The second-order valence-corrected chi connectivity index (χ2v) is 6.09. The van der Waals surface area contributed by atoms with Gasteiger partial charge in [-0.05, 0) is 50.9 Å². The Kier molecular flexibility index (Phi) is 5.38. The first-order valence-corrected chi connectivity index (χ1v) is 7.60. The number of piperidine rings is 1. The first-order valence-electron chi connectivity index (χ1n) is 7.22. The normalized spacial score (nSPS) is 21.1. The van der Waals surface area contributed by atoms with E-state index in [4.69, 9.17) is 11.6 Å². The van der Waals surface area contributed by atoms with E-state index in [1.807, 2.05) is 6.92 Å². The number of benzene rings is 1. The Hall–Kier alpha value is -0.940. The highest BCUT2D eigenvalue weighted by molar-refractivity contribution is 6.30. The maximum Gasteiger partial charge on any atom is 0.416 e. The summed E-state index contributed by atoms with van der Waals surface area (Å²) >= 11 is 5.78. The molecule has 1 saturated heterocycles. The Bertz CT molecular complexity index is 470. The summed E-state index contributed by atoms with van der Waals surface area (Å²) in [6.45, 7) is 3.00. The van der Waals surface area contributed by atoms with E-state index in [2.05, 4.69) is 10.6 Å². The van der Waals surface area contributed by atoms with Crippen LogP contribution in [0.1, 0.15) is 38.2 Å². The molecule has 2 atom stereocenters. The molecule has 2 N–H and O–H groups in total. The Morgan fingerprint density at radius 2 is 2.10 bits per heavy atom. The third kappa shape index (κ3) is 5.08. The van der Waals surface area contributed by atoms with Crippen molar-refractivity contribution in [1.82, 2.24) is 5.32 Å². The minimum absolute atomic E-state index is 0.0835. The highest BCUT2D eigenvalue weighted by Crippen LogP contribution is 2.33. The first kappa shape index (κ1) is 16.4. The summed E-state index contributed by atoms with van der Waals surface area (Å²) in [5, 5.41) is 6.65. The van der Waals surface area contributed by atoms with Gasteiger partial charge in [0.05, 0.1) is 5.56 Å². The van der Waals surface area contributed by atoms with E-state index in [-0.39, 0.29) is 11.1 Å². The van der Waals surface area contributed by atoms with Gasteiger partial charge < -0.3 is 10.6 Å². The fraction of sp³-hybridized carbons (Fsp3) is 0.600. The summed E-state index contributed by atoms with van der Waals surface area (Å²) in [7, 11) is 0. The predicted molar refractivity (Wildman–Crippen MR) is 79.8 cm³/mol. The first-order chi connectivity index (χ1) is 9.84. The molecule has 0 spiro atoms. The third-order valence-corrected chi connectivity index (χ3v) is 3.91. The molecule has 0 aromatic heterocycles. The Balaban J connectivity index is 1.99. The van der Waals surface area contributed by atoms with Crippen molar-refractivity contribution < 1.29 is 13.2 Å². The molecule has 6 heteroatoms. The average Bonchev–Trinajstić information content (AvgIpc) is 2.37. The van der Waals surface area contributed by atoms with Crippen LogP contribution in [0.4, 0.5) is 18.9 Å². The van der Waals surface area contributed by atoms with Gasteiger partial charge in [-0.3, -0.25) is 0 Å². The molecule has 1 aliphatic rings. The van der Waals surface area contributed by atoms with Gasteiger partial charge in [-0.2, -0.15) is 13.2 Å². The van der Waals surface area contributed by atoms with Gasteiger partial charge in [0.25, 0.3) is 0 Å². The molecule has 1 heterocycles. The summed E-state index contributed by atoms with van der Waals surface area (Å²) < 4.78 is 38.3. The van der Waals surface area contributed by atoms with E-state index in [1.165, 1.54) is 18.9 Å². The number of nitrogens with one attached hydrogen (secondary N) is 2. The molecule has 1 aliphatic heterocycles. The number of halogens is 4. The number of hydrogen-bond acceptors (Lipinski definition) is 2. The molecule has 0 radical (unpaired) electrons. The van der Waals surface area contributed by atoms with E-state index in [0.717, 1.165) is 31.5 Å². The topological polar surface area (TPSA) is 24.1 Å². The van der Waals surface area contributed by atoms with Gasteiger partial charge in [-0.1, -0.05) is 18.0 Å². The summed E-state index contributed by atoms with van der Waals surface area (Å²) in [6.07, 6.45) is 0.0278. The molecule has 2 rings (SSSR count). The molecule has 1 fully saturated rings. The van der Waals surface area contributed by atoms with E-state index in [0.29, 0.717) is 11.7 Å². The van der Waals surface area contributed by atoms with Gasteiger partial charge in [0.1, 0.15) is 0 Å². The van der Waals surface area contributed by atoms with Crippen LogP contribution in [-0.4, -0.2) is 18.6 Å². The van der Waals surface area contributed by atoms with Crippen LogP contribution in [-0.2, 0) is 6.18 Å². The van der Waals surface area contributed by atoms with Crippen molar-refractivity contribution in [2.75, 3.05) is 11.9 Å². The number of alkyl halides is 3. The van der Waals surface area contributed by atoms with Gasteiger partial charge >= 0.3 is 6.18 Å². The Labute approximate surface area is 128 Å². The van der Waals surface area contributed by atoms with Crippen molar-refractivity contribution in [3.05, 3.63) is 28.8 Å². The minimum Gasteiger partial charge on any atom is -0.382 e. The largest absolute Gasteiger partial charge is 0.416 e. The summed E-state index contributed by atoms with van der Waals surface area (Å²) in [5.41, 5.74) is -0.307. The lowest BCUT2D eigenvalue weighted by Crippen LogP contribution is -2.37. The van der Waals surface area contributed by atoms with Crippen LogP contribution in [0.5, 0.6) is 0 Å². The van der Waals surface area contributed by atoms with Crippen LogP contribution in [0, 0.1) is 0 Å². The smallest absolute Gasteiger partial charge is 0.382 e. The number of anilines is 1. The van der Waals surface area contributed by atoms with Crippen molar-refractivity contribution in [1.29, 1.82) is 0 Å². The molecule has 0 aliphatic carbocycles. The molecule has 21 heavy (non-hydrogen) atoms. The lowest BCUT2D eigenvalue weighted by atomic mass is 9.98. The maximum absolute atomic E-state index is 12.8. The average molecular weight is 321 g/mol. The zero-order valence-corrected chi connectivity index (χ0v) is 12.7. The molecule has 0 saturated carbocycles. The van der Waals surface area contributed by atoms with Crippen LogP contribution in [0.3, 0.4) is 0 Å². The number of hydrogen-bond donors (Lipinski definition) is 2. The SMILES string of the molecule is CC(CC1CCCCN1)Nc1cc(Cl)cc(C(F)(F)F)c1. The van der Waals surface area contributed by atoms with Crippen LogP contribution in [0.2, 0.25) is 5.02 Å². The monoisotopic (exact) mass is 320 g/mol. The molecule has 1 aromatic carbocycles. The molecule has 118 valence electrons. The lowest BCUT2D eigenvalue weighted by molar-refractivity contribution is -0.137. The van der Waals surface area contributed by atoms with Gasteiger partial charge in [0, 0.05) is 22.8 Å². The van der Waals surface area contributed by atoms with Crippen LogP contribution < -0.4 is 10.6 Å². The molecule has 0 amide bonds. The molecule has 0 bridgehead atoms. The van der Waals surface area contributed by atoms with E-state index >= 15 is 0 Å². The summed E-state index contributed by atoms with van der Waals surface area (Å²) in [4.78, 5) is 0. The van der Waals surface area contributed by atoms with Crippen molar-refractivity contribution >= 4 is 17.3 Å².